The van der Waals surface area contributed by atoms with E-state index < -0.39 is 0 Å². The third-order valence-corrected chi connectivity index (χ3v) is 6.05. The number of amides is 1. The topological polar surface area (TPSA) is 55.3 Å². The van der Waals surface area contributed by atoms with Crippen LogP contribution in [0.5, 0.6) is 5.75 Å². The fourth-order valence-electron chi connectivity index (χ4n) is 3.44. The van der Waals surface area contributed by atoms with Gasteiger partial charge in [-0.1, -0.05) is 55.5 Å². The van der Waals surface area contributed by atoms with Crippen molar-refractivity contribution in [3.05, 3.63) is 71.3 Å². The molecule has 0 atom stereocenters. The lowest BCUT2D eigenvalue weighted by atomic mass is 10.1. The van der Waals surface area contributed by atoms with Gasteiger partial charge >= 0.3 is 0 Å². The largest absolute Gasteiger partial charge is 0.489 e. The van der Waals surface area contributed by atoms with Crippen molar-refractivity contribution < 1.29 is 9.53 Å². The molecule has 0 unspecified atom stereocenters. The molecule has 0 radical (unpaired) electrons. The van der Waals surface area contributed by atoms with Crippen LogP contribution in [-0.4, -0.2) is 29.3 Å². The molecule has 31 heavy (non-hydrogen) atoms. The molecule has 3 aromatic rings. The van der Waals surface area contributed by atoms with E-state index in [1.807, 2.05) is 45.0 Å². The Kier molecular flexibility index (Phi) is 7.58. The highest BCUT2D eigenvalue weighted by atomic mass is 32.1. The Morgan fingerprint density at radius 3 is 2.48 bits per heavy atom. The SMILES string of the molecule is C=CCOc1c(C)cc(-c2nnc(N(CCCC)C(=O)c3ccccc3C)s2)cc1C. The first-order valence-corrected chi connectivity index (χ1v) is 11.3. The van der Waals surface area contributed by atoms with Gasteiger partial charge < -0.3 is 4.74 Å². The third-order valence-electron chi connectivity index (χ3n) is 5.05. The van der Waals surface area contributed by atoms with Crippen molar-refractivity contribution in [1.29, 1.82) is 0 Å². The predicted octanol–water partition coefficient (Wildman–Crippen LogP) is 6.14. The number of nitrogens with zero attached hydrogens (tertiary/aromatic N) is 3. The molecule has 0 fully saturated rings. The number of anilines is 1. The zero-order chi connectivity index (χ0) is 22.4. The van der Waals surface area contributed by atoms with E-state index in [1.54, 1.807) is 11.0 Å². The fraction of sp³-hybridized carbons (Fsp3) is 0.320. The first kappa shape index (κ1) is 22.7. The Hall–Kier alpha value is -2.99. The highest BCUT2D eigenvalue weighted by Gasteiger charge is 2.23. The number of benzene rings is 2. The van der Waals surface area contributed by atoms with E-state index in [2.05, 4.69) is 35.8 Å². The molecule has 0 bridgehead atoms. The Labute approximate surface area is 188 Å². The zero-order valence-electron chi connectivity index (χ0n) is 18.6. The standard InChI is InChI=1S/C25H29N3O2S/c1-6-8-13-28(24(29)21-12-10-9-11-17(21)3)25-27-26-23(31-25)20-15-18(4)22(19(5)16-20)30-14-7-2/h7,9-12,15-16H,2,6,8,13-14H2,1,3-5H3. The normalized spacial score (nSPS) is 10.7. The van der Waals surface area contributed by atoms with Gasteiger partial charge in [0.15, 0.2) is 0 Å². The van der Waals surface area contributed by atoms with Crippen LogP contribution in [0.4, 0.5) is 5.13 Å². The molecule has 0 aliphatic carbocycles. The van der Waals surface area contributed by atoms with Crippen molar-refractivity contribution in [2.75, 3.05) is 18.1 Å². The molecule has 5 nitrogen and oxygen atoms in total. The molecule has 1 amide bonds. The lowest BCUT2D eigenvalue weighted by molar-refractivity contribution is 0.0986. The van der Waals surface area contributed by atoms with Crippen LogP contribution in [0.2, 0.25) is 0 Å². The minimum Gasteiger partial charge on any atom is -0.489 e. The summed E-state index contributed by atoms with van der Waals surface area (Å²) in [5, 5.41) is 10.2. The van der Waals surface area contributed by atoms with E-state index in [0.717, 1.165) is 45.9 Å². The number of ether oxygens (including phenoxy) is 1. The smallest absolute Gasteiger partial charge is 0.260 e. The highest BCUT2D eigenvalue weighted by Crippen LogP contribution is 2.34. The van der Waals surface area contributed by atoms with Gasteiger partial charge in [-0.2, -0.15) is 0 Å². The van der Waals surface area contributed by atoms with Crippen molar-refractivity contribution in [3.8, 4) is 16.3 Å². The van der Waals surface area contributed by atoms with Gasteiger partial charge in [0.05, 0.1) is 0 Å². The maximum absolute atomic E-state index is 13.3. The van der Waals surface area contributed by atoms with Gasteiger partial charge in [-0.25, -0.2) is 0 Å². The first-order chi connectivity index (χ1) is 15.0. The number of unbranched alkanes of at least 4 members (excludes halogenated alkanes) is 1. The summed E-state index contributed by atoms with van der Waals surface area (Å²) in [5.41, 5.74) is 4.70. The Morgan fingerprint density at radius 2 is 1.84 bits per heavy atom. The van der Waals surface area contributed by atoms with E-state index in [0.29, 0.717) is 23.8 Å². The number of aromatic nitrogens is 2. The molecule has 6 heteroatoms. The number of hydrogen-bond donors (Lipinski definition) is 0. The van der Waals surface area contributed by atoms with Gasteiger partial charge in [0, 0.05) is 17.7 Å². The zero-order valence-corrected chi connectivity index (χ0v) is 19.5. The van der Waals surface area contributed by atoms with Crippen molar-refractivity contribution in [2.45, 2.75) is 40.5 Å². The molecular formula is C25H29N3O2S. The minimum absolute atomic E-state index is 0.0326. The molecule has 2 aromatic carbocycles. The number of aryl methyl sites for hydroxylation is 3. The molecule has 1 heterocycles. The lowest BCUT2D eigenvalue weighted by Gasteiger charge is -2.20. The van der Waals surface area contributed by atoms with E-state index in [9.17, 15) is 4.79 Å². The summed E-state index contributed by atoms with van der Waals surface area (Å²) < 4.78 is 5.78. The summed E-state index contributed by atoms with van der Waals surface area (Å²) in [6.45, 7) is 12.9. The molecule has 0 aliphatic rings. The summed E-state index contributed by atoms with van der Waals surface area (Å²) in [6, 6.07) is 11.8. The van der Waals surface area contributed by atoms with Crippen LogP contribution in [-0.2, 0) is 0 Å². The number of hydrogen-bond acceptors (Lipinski definition) is 5. The monoisotopic (exact) mass is 435 g/mol. The Morgan fingerprint density at radius 1 is 1.13 bits per heavy atom. The van der Waals surface area contributed by atoms with Crippen LogP contribution < -0.4 is 9.64 Å². The summed E-state index contributed by atoms with van der Waals surface area (Å²) >= 11 is 1.44. The van der Waals surface area contributed by atoms with Crippen molar-refractivity contribution >= 4 is 22.4 Å². The lowest BCUT2D eigenvalue weighted by Crippen LogP contribution is -2.32. The number of carbonyl (C=O) groups is 1. The second-order valence-electron chi connectivity index (χ2n) is 7.55. The van der Waals surface area contributed by atoms with E-state index in [4.69, 9.17) is 4.74 Å². The molecule has 0 spiro atoms. The van der Waals surface area contributed by atoms with E-state index in [1.165, 1.54) is 11.3 Å². The fourth-order valence-corrected chi connectivity index (χ4v) is 4.30. The van der Waals surface area contributed by atoms with Crippen LogP contribution in [0.15, 0.2) is 49.1 Å². The van der Waals surface area contributed by atoms with E-state index >= 15 is 0 Å². The average Bonchev–Trinajstić information content (AvgIpc) is 3.23. The predicted molar refractivity (Wildman–Crippen MR) is 128 cm³/mol. The summed E-state index contributed by atoms with van der Waals surface area (Å²) in [5.74, 6) is 0.836. The third kappa shape index (κ3) is 5.20. The van der Waals surface area contributed by atoms with Crippen molar-refractivity contribution in [2.24, 2.45) is 0 Å². The summed E-state index contributed by atoms with van der Waals surface area (Å²) in [7, 11) is 0. The summed E-state index contributed by atoms with van der Waals surface area (Å²) in [6.07, 6.45) is 3.63. The molecular weight excluding hydrogens is 406 g/mol. The van der Waals surface area contributed by atoms with Crippen molar-refractivity contribution in [3.63, 3.8) is 0 Å². The first-order valence-electron chi connectivity index (χ1n) is 10.5. The van der Waals surface area contributed by atoms with Gasteiger partial charge in [-0.3, -0.25) is 9.69 Å². The molecule has 0 aliphatic heterocycles. The second kappa shape index (κ2) is 10.4. The second-order valence-corrected chi connectivity index (χ2v) is 8.51. The molecule has 3 rings (SSSR count). The maximum atomic E-state index is 13.3. The van der Waals surface area contributed by atoms with Gasteiger partial charge in [0.2, 0.25) is 5.13 Å². The van der Waals surface area contributed by atoms with Gasteiger partial charge in [-0.05, 0) is 62.1 Å². The minimum atomic E-state index is -0.0326. The average molecular weight is 436 g/mol. The van der Waals surface area contributed by atoms with Gasteiger partial charge in [0.1, 0.15) is 17.4 Å². The van der Waals surface area contributed by atoms with Crippen LogP contribution in [0.3, 0.4) is 0 Å². The Balaban J connectivity index is 1.93. The van der Waals surface area contributed by atoms with Crippen molar-refractivity contribution in [1.82, 2.24) is 10.2 Å². The molecule has 0 saturated heterocycles. The highest BCUT2D eigenvalue weighted by molar-refractivity contribution is 7.18. The van der Waals surface area contributed by atoms with Gasteiger partial charge in [0.25, 0.3) is 5.91 Å². The molecule has 1 aromatic heterocycles. The van der Waals surface area contributed by atoms with E-state index in [-0.39, 0.29) is 5.91 Å². The maximum Gasteiger partial charge on any atom is 0.260 e. The quantitative estimate of drug-likeness (QED) is 0.379. The number of rotatable bonds is 9. The number of carbonyl (C=O) groups excluding carboxylic acids is 1. The van der Waals surface area contributed by atoms with Crippen LogP contribution in [0.25, 0.3) is 10.6 Å². The molecule has 0 N–H and O–H groups in total. The molecule has 162 valence electrons. The summed E-state index contributed by atoms with van der Waals surface area (Å²) in [4.78, 5) is 15.1. The molecule has 0 saturated carbocycles. The van der Waals surface area contributed by atoms with Gasteiger partial charge in [-0.15, -0.1) is 10.2 Å². The van der Waals surface area contributed by atoms with Crippen LogP contribution in [0.1, 0.15) is 46.8 Å². The van der Waals surface area contributed by atoms with Crippen LogP contribution in [0, 0.1) is 20.8 Å². The van der Waals surface area contributed by atoms with Crippen LogP contribution >= 0.6 is 11.3 Å². The Bertz CT molecular complexity index is 1050.